The van der Waals surface area contributed by atoms with Crippen molar-refractivity contribution in [2.75, 3.05) is 0 Å². The van der Waals surface area contributed by atoms with Crippen LogP contribution in [0, 0.1) is 23.7 Å². The summed E-state index contributed by atoms with van der Waals surface area (Å²) in [6.07, 6.45) is 13.0. The lowest BCUT2D eigenvalue weighted by atomic mass is 9.84. The minimum Gasteiger partial charge on any atom is -0.353 e. The number of rotatable bonds is 5. The van der Waals surface area contributed by atoms with Crippen LogP contribution in [0.1, 0.15) is 71.1 Å². The van der Waals surface area contributed by atoms with Crippen molar-refractivity contribution in [2.24, 2.45) is 23.7 Å². The van der Waals surface area contributed by atoms with E-state index in [1.807, 2.05) is 0 Å². The molecule has 0 unspecified atom stereocenters. The number of hydrogen-bond donors (Lipinski definition) is 1. The van der Waals surface area contributed by atoms with E-state index in [0.717, 1.165) is 36.5 Å². The first-order valence-corrected chi connectivity index (χ1v) is 8.51. The number of carbonyl (C=O) groups is 1. The number of carbonyl (C=O) groups excluding carboxylic acids is 1. The summed E-state index contributed by atoms with van der Waals surface area (Å²) in [5, 5.41) is 3.29. The Hall–Kier alpha value is -0.530. The van der Waals surface area contributed by atoms with E-state index in [9.17, 15) is 4.79 Å². The third kappa shape index (κ3) is 3.14. The molecule has 108 valence electrons. The molecule has 19 heavy (non-hydrogen) atoms. The highest BCUT2D eigenvalue weighted by Gasteiger charge is 2.42. The van der Waals surface area contributed by atoms with E-state index in [2.05, 4.69) is 12.2 Å². The molecule has 2 nitrogen and oxygen atoms in total. The van der Waals surface area contributed by atoms with Gasteiger partial charge in [-0.05, 0) is 56.3 Å². The Morgan fingerprint density at radius 3 is 2.58 bits per heavy atom. The average Bonchev–Trinajstić information content (AvgIpc) is 3.13. The molecule has 3 aliphatic rings. The van der Waals surface area contributed by atoms with Gasteiger partial charge in [0.2, 0.25) is 5.91 Å². The fourth-order valence-electron chi connectivity index (χ4n) is 4.97. The maximum atomic E-state index is 12.1. The summed E-state index contributed by atoms with van der Waals surface area (Å²) in [6.45, 7) is 2.23. The fraction of sp³-hybridized carbons (Fsp3) is 0.941. The highest BCUT2D eigenvalue weighted by Crippen LogP contribution is 2.49. The molecule has 0 heterocycles. The Balaban J connectivity index is 1.39. The lowest BCUT2D eigenvalue weighted by Crippen LogP contribution is -2.40. The van der Waals surface area contributed by atoms with E-state index in [0.29, 0.717) is 11.9 Å². The van der Waals surface area contributed by atoms with Gasteiger partial charge in [0, 0.05) is 12.5 Å². The second kappa shape index (κ2) is 5.85. The first-order valence-electron chi connectivity index (χ1n) is 8.51. The minimum absolute atomic E-state index is 0.308. The molecule has 0 aliphatic heterocycles. The Bertz CT molecular complexity index is 321. The monoisotopic (exact) mass is 263 g/mol. The normalized spacial score (nSPS) is 35.7. The molecule has 3 fully saturated rings. The second-order valence-electron chi connectivity index (χ2n) is 7.38. The molecule has 0 aromatic rings. The Labute approximate surface area is 117 Å². The lowest BCUT2D eigenvalue weighted by molar-refractivity contribution is -0.122. The Kier molecular flexibility index (Phi) is 4.14. The van der Waals surface area contributed by atoms with Crippen molar-refractivity contribution in [1.29, 1.82) is 0 Å². The van der Waals surface area contributed by atoms with Crippen LogP contribution in [0.2, 0.25) is 0 Å². The zero-order valence-electron chi connectivity index (χ0n) is 12.4. The molecular formula is C17H29NO. The van der Waals surface area contributed by atoms with Gasteiger partial charge in [0.1, 0.15) is 0 Å². The third-order valence-electron chi connectivity index (χ3n) is 6.08. The van der Waals surface area contributed by atoms with Crippen LogP contribution in [0.15, 0.2) is 0 Å². The molecule has 0 aromatic heterocycles. The molecule has 0 spiro atoms. The molecule has 1 N–H and O–H groups in total. The minimum atomic E-state index is 0.308. The third-order valence-corrected chi connectivity index (χ3v) is 6.08. The van der Waals surface area contributed by atoms with Crippen molar-refractivity contribution in [3.63, 3.8) is 0 Å². The molecule has 2 heteroatoms. The highest BCUT2D eigenvalue weighted by atomic mass is 16.1. The summed E-state index contributed by atoms with van der Waals surface area (Å²) < 4.78 is 0. The van der Waals surface area contributed by atoms with Crippen LogP contribution < -0.4 is 5.32 Å². The average molecular weight is 263 g/mol. The zero-order chi connectivity index (χ0) is 13.2. The van der Waals surface area contributed by atoms with Gasteiger partial charge < -0.3 is 5.32 Å². The van der Waals surface area contributed by atoms with Crippen molar-refractivity contribution in [3.8, 4) is 0 Å². The van der Waals surface area contributed by atoms with Crippen molar-refractivity contribution >= 4 is 5.91 Å². The van der Waals surface area contributed by atoms with Gasteiger partial charge >= 0.3 is 0 Å². The molecule has 3 aliphatic carbocycles. The number of amides is 1. The molecule has 4 atom stereocenters. The van der Waals surface area contributed by atoms with Gasteiger partial charge in [0.25, 0.3) is 0 Å². The molecule has 2 bridgehead atoms. The summed E-state index contributed by atoms with van der Waals surface area (Å²) in [5.74, 6) is 3.81. The Morgan fingerprint density at radius 2 is 1.95 bits per heavy atom. The fourth-order valence-corrected chi connectivity index (χ4v) is 4.97. The molecule has 3 saturated carbocycles. The maximum Gasteiger partial charge on any atom is 0.220 e. The van der Waals surface area contributed by atoms with E-state index in [4.69, 9.17) is 0 Å². The van der Waals surface area contributed by atoms with E-state index in [1.165, 1.54) is 51.4 Å². The summed E-state index contributed by atoms with van der Waals surface area (Å²) in [5.41, 5.74) is 0. The quantitative estimate of drug-likeness (QED) is 0.801. The van der Waals surface area contributed by atoms with Crippen molar-refractivity contribution in [1.82, 2.24) is 5.32 Å². The van der Waals surface area contributed by atoms with Crippen LogP contribution in [0.5, 0.6) is 0 Å². The van der Waals surface area contributed by atoms with Gasteiger partial charge in [-0.25, -0.2) is 0 Å². The van der Waals surface area contributed by atoms with E-state index < -0.39 is 0 Å². The van der Waals surface area contributed by atoms with Crippen LogP contribution in [-0.2, 0) is 4.79 Å². The first kappa shape index (κ1) is 13.5. The molecule has 0 saturated heterocycles. The molecule has 3 rings (SSSR count). The van der Waals surface area contributed by atoms with Gasteiger partial charge in [-0.15, -0.1) is 0 Å². The summed E-state index contributed by atoms with van der Waals surface area (Å²) in [6, 6.07) is 0.409. The van der Waals surface area contributed by atoms with Crippen LogP contribution in [0.25, 0.3) is 0 Å². The smallest absolute Gasteiger partial charge is 0.220 e. The van der Waals surface area contributed by atoms with Gasteiger partial charge in [-0.1, -0.05) is 32.1 Å². The van der Waals surface area contributed by atoms with Crippen LogP contribution in [0.4, 0.5) is 0 Å². The van der Waals surface area contributed by atoms with Crippen molar-refractivity contribution in [3.05, 3.63) is 0 Å². The Morgan fingerprint density at radius 1 is 1.16 bits per heavy atom. The topological polar surface area (TPSA) is 29.1 Å². The van der Waals surface area contributed by atoms with Crippen molar-refractivity contribution < 1.29 is 4.79 Å². The van der Waals surface area contributed by atoms with Crippen LogP contribution in [0.3, 0.4) is 0 Å². The predicted molar refractivity (Wildman–Crippen MR) is 77.7 cm³/mol. The number of fused-ring (bicyclic) bond motifs is 2. The summed E-state index contributed by atoms with van der Waals surface area (Å²) in [4.78, 5) is 12.1. The lowest BCUT2D eigenvalue weighted by Gasteiger charge is -2.28. The highest BCUT2D eigenvalue weighted by molar-refractivity contribution is 5.76. The van der Waals surface area contributed by atoms with E-state index >= 15 is 0 Å². The predicted octanol–water partition coefficient (Wildman–Crippen LogP) is 3.90. The number of nitrogens with one attached hydrogen (secondary N) is 1. The van der Waals surface area contributed by atoms with E-state index in [-0.39, 0.29) is 0 Å². The maximum absolute atomic E-state index is 12.1. The van der Waals surface area contributed by atoms with Crippen LogP contribution >= 0.6 is 0 Å². The van der Waals surface area contributed by atoms with Gasteiger partial charge in [-0.3, -0.25) is 4.79 Å². The van der Waals surface area contributed by atoms with Gasteiger partial charge in [-0.2, -0.15) is 0 Å². The standard InChI is InChI=1S/C17H29NO/c1-12(16-11-14-6-8-15(16)10-14)18-17(19)9-7-13-4-2-3-5-13/h12-16H,2-11H2,1H3,(H,18,19)/t12-,14+,15+,16-/m0/s1. The largest absolute Gasteiger partial charge is 0.353 e. The molecule has 0 aromatic carbocycles. The number of hydrogen-bond acceptors (Lipinski definition) is 1. The zero-order valence-corrected chi connectivity index (χ0v) is 12.4. The van der Waals surface area contributed by atoms with Gasteiger partial charge in [0.05, 0.1) is 0 Å². The molecule has 0 radical (unpaired) electrons. The SMILES string of the molecule is C[C@H](NC(=O)CCC1CCCC1)[C@@H]1C[C@@H]2CC[C@@H]1C2. The summed E-state index contributed by atoms with van der Waals surface area (Å²) >= 11 is 0. The molecular weight excluding hydrogens is 234 g/mol. The second-order valence-corrected chi connectivity index (χ2v) is 7.38. The van der Waals surface area contributed by atoms with Crippen LogP contribution in [-0.4, -0.2) is 11.9 Å². The van der Waals surface area contributed by atoms with Gasteiger partial charge in [0.15, 0.2) is 0 Å². The molecule has 1 amide bonds. The van der Waals surface area contributed by atoms with Crippen molar-refractivity contribution in [2.45, 2.75) is 77.2 Å². The summed E-state index contributed by atoms with van der Waals surface area (Å²) in [7, 11) is 0. The first-order chi connectivity index (χ1) is 9.22. The van der Waals surface area contributed by atoms with E-state index in [1.54, 1.807) is 0 Å².